The molecule has 1 aliphatic rings. The number of carbonyl (C=O) groups excluding carboxylic acids is 1. The molecule has 6 heteroatoms. The van der Waals surface area contributed by atoms with E-state index in [2.05, 4.69) is 59.0 Å². The maximum atomic E-state index is 14.2. The van der Waals surface area contributed by atoms with Crippen molar-refractivity contribution in [3.63, 3.8) is 0 Å². The van der Waals surface area contributed by atoms with Crippen LogP contribution in [0.1, 0.15) is 75.4 Å². The Hall–Kier alpha value is -3.64. The number of ether oxygens (including phenoxy) is 1. The van der Waals surface area contributed by atoms with Crippen molar-refractivity contribution in [1.82, 2.24) is 10.2 Å². The summed E-state index contributed by atoms with van der Waals surface area (Å²) in [6.07, 6.45) is 0.139. The predicted octanol–water partition coefficient (Wildman–Crippen LogP) is 6.70. The second kappa shape index (κ2) is 12.3. The molecule has 0 spiro atoms. The Kier molecular flexibility index (Phi) is 9.17. The van der Waals surface area contributed by atoms with Gasteiger partial charge >= 0.3 is 5.97 Å². The highest BCUT2D eigenvalue weighted by Crippen LogP contribution is 2.48. The molecule has 1 saturated heterocycles. The molecule has 3 aromatic rings. The fraction of sp³-hybridized carbons (Fsp3) is 0.444. The Morgan fingerprint density at radius 3 is 2.19 bits per heavy atom. The van der Waals surface area contributed by atoms with E-state index in [9.17, 15) is 14.7 Å². The average molecular weight is 571 g/mol. The highest BCUT2D eigenvalue weighted by Gasteiger charge is 2.57. The summed E-state index contributed by atoms with van der Waals surface area (Å²) in [6, 6.07) is 22.2. The molecular weight excluding hydrogens is 524 g/mol. The van der Waals surface area contributed by atoms with Crippen molar-refractivity contribution in [3.05, 3.63) is 101 Å². The number of hydrogen-bond donors (Lipinski definition) is 2. The van der Waals surface area contributed by atoms with Crippen LogP contribution in [0.2, 0.25) is 0 Å². The number of amides is 1. The number of nitrogens with one attached hydrogen (secondary N) is 1. The highest BCUT2D eigenvalue weighted by molar-refractivity contribution is 5.87. The maximum absolute atomic E-state index is 14.2. The summed E-state index contributed by atoms with van der Waals surface area (Å²) in [5, 5.41) is 14.5. The number of hydrogen-bond acceptors (Lipinski definition) is 4. The van der Waals surface area contributed by atoms with Crippen molar-refractivity contribution in [2.45, 2.75) is 85.0 Å². The van der Waals surface area contributed by atoms with Crippen molar-refractivity contribution >= 4 is 11.9 Å². The molecule has 4 rings (SSSR count). The van der Waals surface area contributed by atoms with Gasteiger partial charge in [0.25, 0.3) is 0 Å². The quantitative estimate of drug-likeness (QED) is 0.315. The van der Waals surface area contributed by atoms with Crippen LogP contribution in [-0.4, -0.2) is 41.1 Å². The molecular formula is C36H46N2O4. The Labute approximate surface area is 251 Å². The molecule has 1 heterocycles. The molecule has 0 aliphatic carbocycles. The molecule has 4 atom stereocenters. The van der Waals surface area contributed by atoms with Gasteiger partial charge < -0.3 is 20.1 Å². The van der Waals surface area contributed by atoms with Gasteiger partial charge in [0.15, 0.2) is 0 Å². The average Bonchev–Trinajstić information content (AvgIpc) is 3.28. The Morgan fingerprint density at radius 1 is 0.929 bits per heavy atom. The molecule has 0 aromatic heterocycles. The first kappa shape index (κ1) is 31.3. The van der Waals surface area contributed by atoms with Gasteiger partial charge in [-0.2, -0.15) is 0 Å². The van der Waals surface area contributed by atoms with E-state index in [-0.39, 0.29) is 29.7 Å². The van der Waals surface area contributed by atoms with E-state index in [4.69, 9.17) is 4.74 Å². The number of carboxylic acid groups (broad SMARTS) is 1. The summed E-state index contributed by atoms with van der Waals surface area (Å²) >= 11 is 0. The zero-order valence-corrected chi connectivity index (χ0v) is 26.3. The second-order valence-electron chi connectivity index (χ2n) is 13.7. The standard InChI is InChI=1S/C36H46N2O4/c1-23-13-12-14-24(19-23)20-29(39)38-32(25-15-10-9-11-16-25)31(30(36(5,6)7)33(38)34(40)41)37-22-26-21-27(35(2,3)4)17-18-28(26)42-8/h9-19,21,30-33,37H,20,22H2,1-8H3,(H,40,41)/t30-,31-,32-,33-/m0/s1. The van der Waals surface area contributed by atoms with Gasteiger partial charge in [-0.15, -0.1) is 0 Å². The lowest BCUT2D eigenvalue weighted by molar-refractivity contribution is -0.152. The van der Waals surface area contributed by atoms with E-state index in [0.717, 1.165) is 28.0 Å². The van der Waals surface area contributed by atoms with E-state index >= 15 is 0 Å². The zero-order valence-electron chi connectivity index (χ0n) is 26.3. The number of aryl methyl sites for hydroxylation is 1. The first-order valence-corrected chi connectivity index (χ1v) is 14.8. The largest absolute Gasteiger partial charge is 0.496 e. The van der Waals surface area contributed by atoms with Crippen molar-refractivity contribution < 1.29 is 19.4 Å². The van der Waals surface area contributed by atoms with Gasteiger partial charge in [-0.3, -0.25) is 4.79 Å². The van der Waals surface area contributed by atoms with Crippen LogP contribution in [0, 0.1) is 18.3 Å². The van der Waals surface area contributed by atoms with Crippen molar-refractivity contribution in [2.24, 2.45) is 11.3 Å². The third-order valence-corrected chi connectivity index (χ3v) is 8.46. The van der Waals surface area contributed by atoms with E-state index in [0.29, 0.717) is 6.54 Å². The molecule has 6 nitrogen and oxygen atoms in total. The predicted molar refractivity (Wildman–Crippen MR) is 168 cm³/mol. The minimum Gasteiger partial charge on any atom is -0.496 e. The Balaban J connectivity index is 1.81. The van der Waals surface area contributed by atoms with Crippen LogP contribution < -0.4 is 10.1 Å². The zero-order chi connectivity index (χ0) is 30.8. The minimum absolute atomic E-state index is 0.0394. The van der Waals surface area contributed by atoms with Gasteiger partial charge in [0, 0.05) is 24.1 Å². The first-order chi connectivity index (χ1) is 19.7. The first-order valence-electron chi connectivity index (χ1n) is 14.8. The van der Waals surface area contributed by atoms with Crippen LogP contribution in [0.5, 0.6) is 5.75 Å². The molecule has 0 bridgehead atoms. The molecule has 0 radical (unpaired) electrons. The van der Waals surface area contributed by atoms with Gasteiger partial charge in [0.2, 0.25) is 5.91 Å². The van der Waals surface area contributed by atoms with E-state index in [1.807, 2.05) is 67.6 Å². The van der Waals surface area contributed by atoms with Gasteiger partial charge in [0.05, 0.1) is 19.6 Å². The van der Waals surface area contributed by atoms with Gasteiger partial charge in [-0.05, 0) is 40.5 Å². The third kappa shape index (κ3) is 6.70. The third-order valence-electron chi connectivity index (χ3n) is 8.46. The molecule has 1 fully saturated rings. The number of rotatable bonds is 8. The molecule has 2 N–H and O–H groups in total. The lowest BCUT2D eigenvalue weighted by Gasteiger charge is -2.35. The second-order valence-corrected chi connectivity index (χ2v) is 13.7. The fourth-order valence-electron chi connectivity index (χ4n) is 6.46. The van der Waals surface area contributed by atoms with Crippen LogP contribution in [-0.2, 0) is 28.0 Å². The normalized spacial score (nSPS) is 20.9. The molecule has 0 unspecified atom stereocenters. The van der Waals surface area contributed by atoms with Crippen molar-refractivity contribution in [3.8, 4) is 5.75 Å². The van der Waals surface area contributed by atoms with Crippen LogP contribution in [0.4, 0.5) is 0 Å². The highest BCUT2D eigenvalue weighted by atomic mass is 16.5. The minimum atomic E-state index is -0.993. The number of carbonyl (C=O) groups is 2. The summed E-state index contributed by atoms with van der Waals surface area (Å²) in [7, 11) is 1.67. The maximum Gasteiger partial charge on any atom is 0.326 e. The number of likely N-dealkylation sites (tertiary alicyclic amines) is 1. The van der Waals surface area contributed by atoms with Gasteiger partial charge in [0.1, 0.15) is 11.8 Å². The molecule has 1 amide bonds. The number of methoxy groups -OCH3 is 1. The molecule has 1 aliphatic heterocycles. The fourth-order valence-corrected chi connectivity index (χ4v) is 6.46. The number of nitrogens with zero attached hydrogens (tertiary/aromatic N) is 1. The lowest BCUT2D eigenvalue weighted by Crippen LogP contribution is -2.48. The summed E-state index contributed by atoms with van der Waals surface area (Å²) in [5.41, 5.74) is 4.60. The van der Waals surface area contributed by atoms with Crippen molar-refractivity contribution in [2.75, 3.05) is 7.11 Å². The summed E-state index contributed by atoms with van der Waals surface area (Å²) in [4.78, 5) is 28.9. The molecule has 42 heavy (non-hydrogen) atoms. The van der Waals surface area contributed by atoms with Crippen LogP contribution in [0.25, 0.3) is 0 Å². The van der Waals surface area contributed by atoms with Crippen LogP contribution in [0.3, 0.4) is 0 Å². The molecule has 224 valence electrons. The smallest absolute Gasteiger partial charge is 0.326 e. The monoisotopic (exact) mass is 570 g/mol. The SMILES string of the molecule is COc1ccc(C(C)(C)C)cc1CN[C@H]1[C@H](C(C)(C)C)[C@@H](C(=O)O)N(C(=O)Cc2cccc(C)c2)[C@H]1c1ccccc1. The van der Waals surface area contributed by atoms with E-state index in [1.54, 1.807) is 12.0 Å². The van der Waals surface area contributed by atoms with Gasteiger partial charge in [-0.25, -0.2) is 4.79 Å². The number of benzene rings is 3. The van der Waals surface area contributed by atoms with E-state index < -0.39 is 23.5 Å². The summed E-state index contributed by atoms with van der Waals surface area (Å²) in [6.45, 7) is 15.2. The molecule has 0 saturated carbocycles. The Morgan fingerprint density at radius 2 is 1.62 bits per heavy atom. The van der Waals surface area contributed by atoms with E-state index in [1.165, 1.54) is 5.56 Å². The van der Waals surface area contributed by atoms with Crippen LogP contribution >= 0.6 is 0 Å². The Bertz CT molecular complexity index is 1400. The molecule has 3 aromatic carbocycles. The van der Waals surface area contributed by atoms with Crippen LogP contribution in [0.15, 0.2) is 72.8 Å². The lowest BCUT2D eigenvalue weighted by atomic mass is 9.72. The number of carboxylic acids is 1. The van der Waals surface area contributed by atoms with Gasteiger partial charge in [-0.1, -0.05) is 114 Å². The van der Waals surface area contributed by atoms with Crippen molar-refractivity contribution in [1.29, 1.82) is 0 Å². The number of aliphatic carboxylic acids is 1. The summed E-state index contributed by atoms with van der Waals surface area (Å²) in [5.74, 6) is -0.754. The topological polar surface area (TPSA) is 78.9 Å². The summed E-state index contributed by atoms with van der Waals surface area (Å²) < 4.78 is 5.73.